The van der Waals surface area contributed by atoms with E-state index in [1.165, 1.54) is 6.20 Å². The van der Waals surface area contributed by atoms with Gasteiger partial charge in [-0.05, 0) is 18.9 Å². The highest BCUT2D eigenvalue weighted by Gasteiger charge is 2.54. The number of halogens is 2. The zero-order valence-corrected chi connectivity index (χ0v) is 24.7. The van der Waals surface area contributed by atoms with Crippen molar-refractivity contribution < 1.29 is 33.4 Å². The summed E-state index contributed by atoms with van der Waals surface area (Å²) in [6.07, 6.45) is 2.47. The van der Waals surface area contributed by atoms with Crippen molar-refractivity contribution in [2.24, 2.45) is 0 Å². The number of aromatic nitrogens is 1. The van der Waals surface area contributed by atoms with E-state index in [0.717, 1.165) is 35.6 Å². The van der Waals surface area contributed by atoms with Crippen molar-refractivity contribution in [3.8, 4) is 6.07 Å². The number of carbonyl (C=O) groups excluding carboxylic acids is 3. The number of amides is 2. The van der Waals surface area contributed by atoms with E-state index in [1.54, 1.807) is 10.6 Å². The van der Waals surface area contributed by atoms with E-state index >= 15 is 4.39 Å². The second kappa shape index (κ2) is 11.8. The molecule has 3 N–H and O–H groups in total. The molecule has 1 aliphatic carbocycles. The lowest BCUT2D eigenvalue weighted by molar-refractivity contribution is -0.150. The molecular formula is C28H26ClFN6O7S. The Morgan fingerprint density at radius 2 is 1.98 bits per heavy atom. The van der Waals surface area contributed by atoms with Crippen LogP contribution >= 0.6 is 23.4 Å². The predicted octanol–water partition coefficient (Wildman–Crippen LogP) is 1.35. The van der Waals surface area contributed by atoms with Gasteiger partial charge in [-0.1, -0.05) is 11.6 Å². The van der Waals surface area contributed by atoms with E-state index < -0.39 is 59.4 Å². The number of nitrogens with one attached hydrogen (secondary N) is 2. The van der Waals surface area contributed by atoms with Gasteiger partial charge in [0.05, 0.1) is 27.7 Å². The van der Waals surface area contributed by atoms with Crippen LogP contribution in [0.15, 0.2) is 28.3 Å². The maximum Gasteiger partial charge on any atom is 0.352 e. The molecule has 3 fully saturated rings. The molecule has 6 rings (SSSR count). The number of hydrogen-bond donors (Lipinski definition) is 3. The number of carboxylic acids is 1. The molecule has 4 heterocycles. The van der Waals surface area contributed by atoms with E-state index in [2.05, 4.69) is 10.6 Å². The average molecular weight is 645 g/mol. The lowest BCUT2D eigenvalue weighted by atomic mass is 10.0. The quantitative estimate of drug-likeness (QED) is 0.280. The number of aliphatic carboxylic acids is 1. The number of esters is 1. The number of piperazine rings is 1. The Morgan fingerprint density at radius 3 is 2.64 bits per heavy atom. The van der Waals surface area contributed by atoms with Crippen molar-refractivity contribution in [1.29, 1.82) is 5.26 Å². The maximum atomic E-state index is 15.4. The lowest BCUT2D eigenvalue weighted by Gasteiger charge is -2.49. The first-order valence-electron chi connectivity index (χ1n) is 13.9. The van der Waals surface area contributed by atoms with Crippen LogP contribution < -0.4 is 21.0 Å². The summed E-state index contributed by atoms with van der Waals surface area (Å²) in [7, 11) is 0. The predicted molar refractivity (Wildman–Crippen MR) is 157 cm³/mol. The van der Waals surface area contributed by atoms with Crippen LogP contribution in [0.4, 0.5) is 10.1 Å². The minimum atomic E-state index is -1.43. The van der Waals surface area contributed by atoms with Crippen LogP contribution in [0.3, 0.4) is 0 Å². The Labute approximate surface area is 258 Å². The Hall–Kier alpha value is -4.13. The number of nitriles is 1. The van der Waals surface area contributed by atoms with Gasteiger partial charge in [0.15, 0.2) is 0 Å². The summed E-state index contributed by atoms with van der Waals surface area (Å²) in [6.45, 7) is 1.85. The summed E-state index contributed by atoms with van der Waals surface area (Å²) in [4.78, 5) is 66.3. The molecular weight excluding hydrogens is 619 g/mol. The smallest absolute Gasteiger partial charge is 0.352 e. The molecule has 13 nitrogen and oxygen atoms in total. The van der Waals surface area contributed by atoms with Gasteiger partial charge in [-0.3, -0.25) is 19.3 Å². The van der Waals surface area contributed by atoms with Crippen molar-refractivity contribution in [1.82, 2.24) is 20.1 Å². The van der Waals surface area contributed by atoms with Gasteiger partial charge in [-0.2, -0.15) is 5.26 Å². The van der Waals surface area contributed by atoms with Crippen LogP contribution in [-0.4, -0.2) is 88.3 Å². The van der Waals surface area contributed by atoms with E-state index in [4.69, 9.17) is 21.6 Å². The molecule has 0 bridgehead atoms. The van der Waals surface area contributed by atoms with Gasteiger partial charge in [0, 0.05) is 49.7 Å². The summed E-state index contributed by atoms with van der Waals surface area (Å²) in [6, 6.07) is 1.75. The SMILES string of the molecule is N#CCC(=O)NC1C(=O)N2C(C(=O)O)=C(COC(=O)c3cn(C4CC4)c4c(Cl)c(N5CCNCC5)c(F)cc4c3=O)CSC12. The fourth-order valence-electron chi connectivity index (χ4n) is 5.72. The van der Waals surface area contributed by atoms with Crippen LogP contribution in [0, 0.1) is 17.1 Å². The van der Waals surface area contributed by atoms with E-state index in [-0.39, 0.29) is 44.7 Å². The van der Waals surface area contributed by atoms with Crippen molar-refractivity contribution >= 4 is 63.7 Å². The summed E-state index contributed by atoms with van der Waals surface area (Å²) in [5, 5.41) is 23.5. The number of carboxylic acid groups (broad SMARTS) is 1. The number of β-lactam (4-membered cyclic amide) rings is 1. The lowest BCUT2D eigenvalue weighted by Crippen LogP contribution is -2.70. The number of hydrogen-bond acceptors (Lipinski definition) is 10. The summed E-state index contributed by atoms with van der Waals surface area (Å²) in [5.74, 6) is -4.40. The molecule has 3 aliphatic heterocycles. The average Bonchev–Trinajstić information content (AvgIpc) is 3.85. The fraction of sp³-hybridized carbons (Fsp3) is 0.429. The molecule has 2 atom stereocenters. The number of fused-ring (bicyclic) bond motifs is 2. The minimum absolute atomic E-state index is 0.0458. The number of anilines is 1. The number of carbonyl (C=O) groups is 4. The second-order valence-electron chi connectivity index (χ2n) is 10.8. The molecule has 2 unspecified atom stereocenters. The zero-order chi connectivity index (χ0) is 31.3. The zero-order valence-electron chi connectivity index (χ0n) is 23.1. The minimum Gasteiger partial charge on any atom is -0.477 e. The third kappa shape index (κ3) is 5.16. The first-order chi connectivity index (χ1) is 21.1. The Morgan fingerprint density at radius 1 is 1.25 bits per heavy atom. The van der Waals surface area contributed by atoms with Crippen LogP contribution in [0.5, 0.6) is 0 Å². The van der Waals surface area contributed by atoms with Crippen LogP contribution in [0.1, 0.15) is 35.7 Å². The second-order valence-corrected chi connectivity index (χ2v) is 12.3. The molecule has 2 amide bonds. The standard InChI is InChI=1S/C28H26ClFN6O7S/c29-19-22-15(9-17(30)23(19)34-7-5-32-6-8-34)24(38)16(10-35(22)14-1-2-14)28(42)43-11-13-12-44-26-20(33-18(37)3-4-31)25(39)36(26)21(13)27(40)41/h9-10,14,20,26,32H,1-3,5-8,11-12H2,(H,33,37)(H,40,41). The third-order valence-corrected chi connectivity index (χ3v) is 9.66. The molecule has 1 aromatic heterocycles. The van der Waals surface area contributed by atoms with Gasteiger partial charge in [-0.25, -0.2) is 14.0 Å². The highest BCUT2D eigenvalue weighted by Crippen LogP contribution is 2.43. The van der Waals surface area contributed by atoms with E-state index in [9.17, 15) is 29.1 Å². The van der Waals surface area contributed by atoms with Crippen LogP contribution in [0.2, 0.25) is 5.02 Å². The third-order valence-electron chi connectivity index (χ3n) is 7.96. The molecule has 0 radical (unpaired) electrons. The Balaban J connectivity index is 1.28. The van der Waals surface area contributed by atoms with Crippen LogP contribution in [0.25, 0.3) is 10.9 Å². The van der Waals surface area contributed by atoms with Gasteiger partial charge < -0.3 is 29.9 Å². The molecule has 44 heavy (non-hydrogen) atoms. The molecule has 2 saturated heterocycles. The number of pyridine rings is 1. The van der Waals surface area contributed by atoms with Crippen molar-refractivity contribution in [2.75, 3.05) is 43.4 Å². The van der Waals surface area contributed by atoms with E-state index in [0.29, 0.717) is 31.7 Å². The van der Waals surface area contributed by atoms with Gasteiger partial charge in [0.2, 0.25) is 11.3 Å². The molecule has 1 aromatic carbocycles. The molecule has 1 saturated carbocycles. The number of rotatable bonds is 8. The highest BCUT2D eigenvalue weighted by molar-refractivity contribution is 8.00. The number of ether oxygens (including phenoxy) is 1. The maximum absolute atomic E-state index is 15.4. The van der Waals surface area contributed by atoms with Gasteiger partial charge in [0.1, 0.15) is 41.5 Å². The summed E-state index contributed by atoms with van der Waals surface area (Å²) < 4.78 is 22.6. The van der Waals surface area contributed by atoms with Gasteiger partial charge in [0.25, 0.3) is 5.91 Å². The van der Waals surface area contributed by atoms with Gasteiger partial charge >= 0.3 is 11.9 Å². The highest BCUT2D eigenvalue weighted by atomic mass is 35.5. The van der Waals surface area contributed by atoms with Crippen molar-refractivity contribution in [3.63, 3.8) is 0 Å². The Kier molecular flexibility index (Phi) is 7.99. The molecule has 230 valence electrons. The number of thioether (sulfide) groups is 1. The van der Waals surface area contributed by atoms with Gasteiger partial charge in [-0.15, -0.1) is 11.8 Å². The first kappa shape index (κ1) is 29.9. The van der Waals surface area contributed by atoms with Crippen molar-refractivity contribution in [3.05, 3.63) is 50.2 Å². The fourth-order valence-corrected chi connectivity index (χ4v) is 7.45. The molecule has 2 aromatic rings. The monoisotopic (exact) mass is 644 g/mol. The summed E-state index contributed by atoms with van der Waals surface area (Å²) in [5.41, 5.74) is -0.828. The first-order valence-corrected chi connectivity index (χ1v) is 15.3. The molecule has 0 spiro atoms. The topological polar surface area (TPSA) is 174 Å². The molecule has 16 heteroatoms. The number of nitrogens with zero attached hydrogens (tertiary/aromatic N) is 4. The molecule has 4 aliphatic rings. The Bertz CT molecular complexity index is 1750. The van der Waals surface area contributed by atoms with Crippen molar-refractivity contribution in [2.45, 2.75) is 36.7 Å². The normalized spacial score (nSPS) is 21.4. The largest absolute Gasteiger partial charge is 0.477 e. The summed E-state index contributed by atoms with van der Waals surface area (Å²) >= 11 is 7.92. The van der Waals surface area contributed by atoms with Crippen LogP contribution in [-0.2, 0) is 19.1 Å². The van der Waals surface area contributed by atoms with E-state index in [1.807, 2.05) is 4.90 Å². The number of benzene rings is 1.